The van der Waals surface area contributed by atoms with Crippen molar-refractivity contribution < 1.29 is 10.2 Å². The van der Waals surface area contributed by atoms with E-state index in [9.17, 15) is 15.0 Å². The van der Waals surface area contributed by atoms with Crippen LogP contribution in [0.2, 0.25) is 0 Å². The van der Waals surface area contributed by atoms with Crippen LogP contribution in [0, 0.1) is 11.3 Å². The lowest BCUT2D eigenvalue weighted by Crippen LogP contribution is -2.10. The van der Waals surface area contributed by atoms with Gasteiger partial charge in [-0.2, -0.15) is 5.26 Å². The Kier molecular flexibility index (Phi) is 3.83. The number of phenolic OH excluding ortho intramolecular Hbond substituents is 1. The Morgan fingerprint density at radius 3 is 2.33 bits per heavy atom. The Hall–Kier alpha value is -4.11. The Morgan fingerprint density at radius 1 is 0.926 bits per heavy atom. The molecule has 0 atom stereocenters. The summed E-state index contributed by atoms with van der Waals surface area (Å²) >= 11 is 0. The SMILES string of the molecule is N#Cc1c(O)c2nc(-c3ccc(-c4ccccc4O)cc3)ccc2[nH]c1=O. The molecule has 0 aliphatic heterocycles. The van der Waals surface area contributed by atoms with Gasteiger partial charge in [-0.25, -0.2) is 4.98 Å². The largest absolute Gasteiger partial charge is 0.507 e. The third-order valence-corrected chi connectivity index (χ3v) is 4.34. The molecule has 2 heterocycles. The number of nitriles is 1. The van der Waals surface area contributed by atoms with Crippen LogP contribution in [0.4, 0.5) is 0 Å². The number of pyridine rings is 2. The minimum Gasteiger partial charge on any atom is -0.507 e. The van der Waals surface area contributed by atoms with E-state index in [4.69, 9.17) is 5.26 Å². The molecule has 2 aromatic carbocycles. The number of para-hydroxylation sites is 1. The molecule has 2 aromatic heterocycles. The van der Waals surface area contributed by atoms with Gasteiger partial charge in [0.25, 0.3) is 5.56 Å². The van der Waals surface area contributed by atoms with Crippen LogP contribution < -0.4 is 5.56 Å². The molecule has 130 valence electrons. The Balaban J connectivity index is 1.80. The highest BCUT2D eigenvalue weighted by molar-refractivity contribution is 5.85. The zero-order valence-electron chi connectivity index (χ0n) is 14.0. The smallest absolute Gasteiger partial charge is 0.270 e. The summed E-state index contributed by atoms with van der Waals surface area (Å²) in [5.41, 5.74) is 2.46. The lowest BCUT2D eigenvalue weighted by molar-refractivity contribution is 0.477. The molecule has 0 bridgehead atoms. The molecule has 0 aliphatic carbocycles. The summed E-state index contributed by atoms with van der Waals surface area (Å²) in [4.78, 5) is 18.7. The fourth-order valence-electron chi connectivity index (χ4n) is 2.95. The standard InChI is InChI=1S/C21H13N3O3/c22-11-15-20(26)19-17(24-21(15)27)10-9-16(23-19)13-7-5-12(6-8-13)14-3-1-2-4-18(14)25/h1-10,25H,(H2,24,26,27). The first-order valence-corrected chi connectivity index (χ1v) is 8.13. The lowest BCUT2D eigenvalue weighted by Gasteiger charge is -2.08. The number of hydrogen-bond acceptors (Lipinski definition) is 5. The number of aromatic nitrogens is 2. The van der Waals surface area contributed by atoms with Crippen LogP contribution in [-0.4, -0.2) is 20.2 Å². The van der Waals surface area contributed by atoms with Crippen molar-refractivity contribution in [1.82, 2.24) is 9.97 Å². The first kappa shape index (κ1) is 16.4. The van der Waals surface area contributed by atoms with Crippen LogP contribution in [0.5, 0.6) is 11.5 Å². The van der Waals surface area contributed by atoms with Crippen molar-refractivity contribution >= 4 is 11.0 Å². The minimum atomic E-state index is -0.649. The second-order valence-electron chi connectivity index (χ2n) is 5.98. The van der Waals surface area contributed by atoms with Crippen molar-refractivity contribution in [2.45, 2.75) is 0 Å². The van der Waals surface area contributed by atoms with Crippen molar-refractivity contribution in [1.29, 1.82) is 5.26 Å². The number of phenols is 1. The molecular formula is C21H13N3O3. The molecule has 27 heavy (non-hydrogen) atoms. The number of rotatable bonds is 2. The van der Waals surface area contributed by atoms with E-state index in [1.807, 2.05) is 36.4 Å². The van der Waals surface area contributed by atoms with Crippen LogP contribution in [0.1, 0.15) is 5.56 Å². The zero-order valence-corrected chi connectivity index (χ0v) is 14.0. The molecule has 0 unspecified atom stereocenters. The van der Waals surface area contributed by atoms with E-state index in [2.05, 4.69) is 9.97 Å². The Labute approximate surface area is 153 Å². The summed E-state index contributed by atoms with van der Waals surface area (Å²) in [5, 5.41) is 29.2. The number of nitrogens with zero attached hydrogens (tertiary/aromatic N) is 2. The third kappa shape index (κ3) is 2.77. The summed E-state index contributed by atoms with van der Waals surface area (Å²) in [7, 11) is 0. The fourth-order valence-corrected chi connectivity index (χ4v) is 2.95. The highest BCUT2D eigenvalue weighted by Crippen LogP contribution is 2.31. The van der Waals surface area contributed by atoms with Crippen LogP contribution in [0.3, 0.4) is 0 Å². The van der Waals surface area contributed by atoms with Gasteiger partial charge in [0.05, 0.1) is 11.2 Å². The summed E-state index contributed by atoms with van der Waals surface area (Å²) in [6, 6.07) is 19.5. The number of hydrogen-bond donors (Lipinski definition) is 3. The minimum absolute atomic E-state index is 0.161. The van der Waals surface area contributed by atoms with Crippen LogP contribution in [0.25, 0.3) is 33.4 Å². The molecule has 0 spiro atoms. The average molecular weight is 355 g/mol. The lowest BCUT2D eigenvalue weighted by atomic mass is 10.0. The molecule has 6 nitrogen and oxygen atoms in total. The topological polar surface area (TPSA) is 110 Å². The molecule has 0 fully saturated rings. The summed E-state index contributed by atoms with van der Waals surface area (Å²) in [6.07, 6.45) is 0. The van der Waals surface area contributed by atoms with E-state index < -0.39 is 11.3 Å². The number of H-pyrrole nitrogens is 1. The van der Waals surface area contributed by atoms with E-state index >= 15 is 0 Å². The Morgan fingerprint density at radius 2 is 1.63 bits per heavy atom. The summed E-state index contributed by atoms with van der Waals surface area (Å²) < 4.78 is 0. The monoisotopic (exact) mass is 355 g/mol. The van der Waals surface area contributed by atoms with Crippen molar-refractivity contribution in [2.75, 3.05) is 0 Å². The third-order valence-electron chi connectivity index (χ3n) is 4.34. The highest BCUT2D eigenvalue weighted by Gasteiger charge is 2.13. The fraction of sp³-hybridized carbons (Fsp3) is 0. The van der Waals surface area contributed by atoms with Gasteiger partial charge in [-0.15, -0.1) is 0 Å². The van der Waals surface area contributed by atoms with Crippen molar-refractivity contribution in [3.63, 3.8) is 0 Å². The van der Waals surface area contributed by atoms with Crippen LogP contribution >= 0.6 is 0 Å². The van der Waals surface area contributed by atoms with Crippen molar-refractivity contribution in [3.05, 3.63) is 76.6 Å². The molecule has 0 amide bonds. The maximum atomic E-state index is 11.8. The Bertz CT molecular complexity index is 1270. The molecule has 0 saturated heterocycles. The molecule has 4 aromatic rings. The van der Waals surface area contributed by atoms with Gasteiger partial charge in [0.1, 0.15) is 17.3 Å². The molecule has 0 saturated carbocycles. The molecule has 3 N–H and O–H groups in total. The summed E-state index contributed by atoms with van der Waals surface area (Å²) in [6.45, 7) is 0. The van der Waals surface area contributed by atoms with Gasteiger partial charge in [0, 0.05) is 11.1 Å². The normalized spacial score (nSPS) is 10.6. The van der Waals surface area contributed by atoms with Crippen molar-refractivity contribution in [2.24, 2.45) is 0 Å². The number of fused-ring (bicyclic) bond motifs is 1. The van der Waals surface area contributed by atoms with Crippen molar-refractivity contribution in [3.8, 4) is 40.0 Å². The first-order chi connectivity index (χ1) is 13.1. The summed E-state index contributed by atoms with van der Waals surface area (Å²) in [5.74, 6) is -0.226. The number of nitrogens with one attached hydrogen (secondary N) is 1. The van der Waals surface area contributed by atoms with Gasteiger partial charge in [-0.05, 0) is 23.8 Å². The van der Waals surface area contributed by atoms with E-state index in [0.717, 1.165) is 16.7 Å². The average Bonchev–Trinajstić information content (AvgIpc) is 2.69. The molecular weight excluding hydrogens is 342 g/mol. The van der Waals surface area contributed by atoms with E-state index in [1.54, 1.807) is 30.3 Å². The number of benzene rings is 2. The quantitative estimate of drug-likeness (QED) is 0.509. The zero-order chi connectivity index (χ0) is 19.0. The molecule has 6 heteroatoms. The predicted octanol–water partition coefficient (Wildman–Crippen LogP) is 3.54. The van der Waals surface area contributed by atoms with Gasteiger partial charge < -0.3 is 15.2 Å². The van der Waals surface area contributed by atoms with Gasteiger partial charge >= 0.3 is 0 Å². The number of aromatic amines is 1. The maximum absolute atomic E-state index is 11.8. The molecule has 0 aliphatic rings. The second-order valence-corrected chi connectivity index (χ2v) is 5.98. The van der Waals surface area contributed by atoms with Gasteiger partial charge in [-0.1, -0.05) is 42.5 Å². The second kappa shape index (κ2) is 6.32. The number of aromatic hydroxyl groups is 2. The van der Waals surface area contributed by atoms with E-state index in [1.165, 1.54) is 0 Å². The first-order valence-electron chi connectivity index (χ1n) is 8.13. The van der Waals surface area contributed by atoms with Gasteiger partial charge in [0.15, 0.2) is 11.3 Å². The van der Waals surface area contributed by atoms with Gasteiger partial charge in [0.2, 0.25) is 0 Å². The van der Waals surface area contributed by atoms with Crippen LogP contribution in [-0.2, 0) is 0 Å². The highest BCUT2D eigenvalue weighted by atomic mass is 16.3. The predicted molar refractivity (Wildman–Crippen MR) is 101 cm³/mol. The molecule has 0 radical (unpaired) electrons. The van der Waals surface area contributed by atoms with Crippen LogP contribution in [0.15, 0.2) is 65.5 Å². The van der Waals surface area contributed by atoms with E-state index in [-0.39, 0.29) is 16.8 Å². The molecule has 4 rings (SSSR count). The maximum Gasteiger partial charge on any atom is 0.270 e. The van der Waals surface area contributed by atoms with Gasteiger partial charge in [-0.3, -0.25) is 4.79 Å². The van der Waals surface area contributed by atoms with E-state index in [0.29, 0.717) is 11.2 Å².